The molecule has 4 nitrogen and oxygen atoms in total. The summed E-state index contributed by atoms with van der Waals surface area (Å²) in [6.07, 6.45) is 3.72. The van der Waals surface area contributed by atoms with Crippen LogP contribution in [0.5, 0.6) is 0 Å². The van der Waals surface area contributed by atoms with Crippen LogP contribution in [0.15, 0.2) is 36.7 Å². The van der Waals surface area contributed by atoms with Gasteiger partial charge in [-0.05, 0) is 24.0 Å². The van der Waals surface area contributed by atoms with Crippen molar-refractivity contribution in [3.63, 3.8) is 0 Å². The highest BCUT2D eigenvalue weighted by Gasteiger charge is 2.01. The van der Waals surface area contributed by atoms with Gasteiger partial charge in [0.15, 0.2) is 0 Å². The molecule has 4 heteroatoms. The molecule has 1 heterocycles. The summed E-state index contributed by atoms with van der Waals surface area (Å²) in [5.74, 6) is 1.72. The predicted octanol–water partition coefficient (Wildman–Crippen LogP) is 3.47. The molecule has 0 aliphatic heterocycles. The van der Waals surface area contributed by atoms with Gasteiger partial charge in [0.1, 0.15) is 18.0 Å². The second-order valence-corrected chi connectivity index (χ2v) is 4.69. The maximum absolute atomic E-state index is 4.26. The Labute approximate surface area is 120 Å². The van der Waals surface area contributed by atoms with Gasteiger partial charge in [0.05, 0.1) is 0 Å². The predicted molar refractivity (Wildman–Crippen MR) is 84.0 cm³/mol. The maximum atomic E-state index is 4.26. The second kappa shape index (κ2) is 7.48. The Hall–Kier alpha value is -2.10. The van der Waals surface area contributed by atoms with Crippen LogP contribution < -0.4 is 10.6 Å². The third-order valence-electron chi connectivity index (χ3n) is 3.18. The van der Waals surface area contributed by atoms with Crippen LogP contribution >= 0.6 is 0 Å². The van der Waals surface area contributed by atoms with E-state index in [1.807, 2.05) is 6.07 Å². The van der Waals surface area contributed by atoms with E-state index in [9.17, 15) is 0 Å². The first-order valence-corrected chi connectivity index (χ1v) is 7.20. The zero-order valence-electron chi connectivity index (χ0n) is 12.2. The molecule has 2 N–H and O–H groups in total. The fourth-order valence-corrected chi connectivity index (χ4v) is 2.06. The van der Waals surface area contributed by atoms with Gasteiger partial charge in [-0.25, -0.2) is 9.97 Å². The van der Waals surface area contributed by atoms with E-state index in [1.54, 1.807) is 6.33 Å². The Morgan fingerprint density at radius 3 is 2.35 bits per heavy atom. The molecule has 0 aliphatic carbocycles. The van der Waals surface area contributed by atoms with Crippen molar-refractivity contribution in [2.75, 3.05) is 17.2 Å². The summed E-state index contributed by atoms with van der Waals surface area (Å²) in [5.41, 5.74) is 2.69. The Bertz CT molecular complexity index is 540. The Morgan fingerprint density at radius 2 is 1.65 bits per heavy atom. The van der Waals surface area contributed by atoms with Crippen LogP contribution in [0.25, 0.3) is 0 Å². The van der Waals surface area contributed by atoms with Crippen molar-refractivity contribution in [3.8, 4) is 0 Å². The highest BCUT2D eigenvalue weighted by atomic mass is 15.1. The van der Waals surface area contributed by atoms with Crippen molar-refractivity contribution >= 4 is 11.6 Å². The van der Waals surface area contributed by atoms with Crippen molar-refractivity contribution in [2.45, 2.75) is 33.2 Å². The summed E-state index contributed by atoms with van der Waals surface area (Å²) < 4.78 is 0. The molecule has 0 radical (unpaired) electrons. The van der Waals surface area contributed by atoms with Gasteiger partial charge in [0.25, 0.3) is 0 Å². The van der Waals surface area contributed by atoms with E-state index >= 15 is 0 Å². The molecule has 1 aromatic carbocycles. The van der Waals surface area contributed by atoms with Crippen LogP contribution in [0, 0.1) is 0 Å². The van der Waals surface area contributed by atoms with Crippen LogP contribution in [0.1, 0.15) is 31.4 Å². The SMILES string of the molecule is CCCNc1cc(NCc2ccccc2CC)ncn1. The van der Waals surface area contributed by atoms with Crippen molar-refractivity contribution < 1.29 is 0 Å². The van der Waals surface area contributed by atoms with Gasteiger partial charge in [0, 0.05) is 19.2 Å². The molecule has 1 aromatic heterocycles. The van der Waals surface area contributed by atoms with Gasteiger partial charge in [-0.1, -0.05) is 38.1 Å². The molecular weight excluding hydrogens is 248 g/mol. The van der Waals surface area contributed by atoms with Crippen LogP contribution in [0.2, 0.25) is 0 Å². The van der Waals surface area contributed by atoms with Gasteiger partial charge in [-0.3, -0.25) is 0 Å². The summed E-state index contributed by atoms with van der Waals surface area (Å²) in [4.78, 5) is 8.46. The van der Waals surface area contributed by atoms with Gasteiger partial charge >= 0.3 is 0 Å². The molecule has 0 atom stereocenters. The Balaban J connectivity index is 1.99. The highest BCUT2D eigenvalue weighted by Crippen LogP contribution is 2.13. The fourth-order valence-electron chi connectivity index (χ4n) is 2.06. The summed E-state index contributed by atoms with van der Waals surface area (Å²) in [7, 11) is 0. The number of hydrogen-bond donors (Lipinski definition) is 2. The zero-order chi connectivity index (χ0) is 14.2. The molecule has 0 amide bonds. The molecule has 0 aliphatic rings. The van der Waals surface area contributed by atoms with Gasteiger partial charge in [-0.15, -0.1) is 0 Å². The van der Waals surface area contributed by atoms with E-state index < -0.39 is 0 Å². The number of anilines is 2. The van der Waals surface area contributed by atoms with E-state index in [0.717, 1.165) is 37.6 Å². The summed E-state index contributed by atoms with van der Waals surface area (Å²) in [5, 5.41) is 6.63. The maximum Gasteiger partial charge on any atom is 0.131 e. The molecule has 0 bridgehead atoms. The molecule has 20 heavy (non-hydrogen) atoms. The Kier molecular flexibility index (Phi) is 5.35. The van der Waals surface area contributed by atoms with Crippen molar-refractivity contribution in [1.82, 2.24) is 9.97 Å². The summed E-state index contributed by atoms with van der Waals surface area (Å²) in [6.45, 7) is 6.02. The van der Waals surface area contributed by atoms with Gasteiger partial charge in [-0.2, -0.15) is 0 Å². The minimum Gasteiger partial charge on any atom is -0.370 e. The molecule has 0 fully saturated rings. The number of hydrogen-bond acceptors (Lipinski definition) is 4. The van der Waals surface area contributed by atoms with E-state index in [0.29, 0.717) is 0 Å². The first kappa shape index (κ1) is 14.3. The highest BCUT2D eigenvalue weighted by molar-refractivity contribution is 5.47. The average molecular weight is 270 g/mol. The van der Waals surface area contributed by atoms with Crippen LogP contribution in [0.4, 0.5) is 11.6 Å². The van der Waals surface area contributed by atoms with Gasteiger partial charge < -0.3 is 10.6 Å². The largest absolute Gasteiger partial charge is 0.370 e. The van der Waals surface area contributed by atoms with Crippen LogP contribution in [-0.2, 0) is 13.0 Å². The van der Waals surface area contributed by atoms with Crippen LogP contribution in [0.3, 0.4) is 0 Å². The summed E-state index contributed by atoms with van der Waals surface area (Å²) in [6, 6.07) is 10.4. The normalized spacial score (nSPS) is 10.3. The lowest BCUT2D eigenvalue weighted by Gasteiger charge is -2.10. The lowest BCUT2D eigenvalue weighted by Crippen LogP contribution is -2.06. The first-order valence-electron chi connectivity index (χ1n) is 7.20. The monoisotopic (exact) mass is 270 g/mol. The molecular formula is C16H22N4. The minimum absolute atomic E-state index is 0.786. The number of rotatable bonds is 7. The molecule has 0 unspecified atom stereocenters. The molecule has 2 rings (SSSR count). The molecule has 0 saturated carbocycles. The second-order valence-electron chi connectivity index (χ2n) is 4.69. The molecule has 0 spiro atoms. The number of nitrogens with one attached hydrogen (secondary N) is 2. The number of nitrogens with zero attached hydrogens (tertiary/aromatic N) is 2. The van der Waals surface area contributed by atoms with E-state index in [1.165, 1.54) is 11.1 Å². The smallest absolute Gasteiger partial charge is 0.131 e. The zero-order valence-corrected chi connectivity index (χ0v) is 12.2. The molecule has 2 aromatic rings. The van der Waals surface area contributed by atoms with E-state index in [-0.39, 0.29) is 0 Å². The van der Waals surface area contributed by atoms with Crippen molar-refractivity contribution in [3.05, 3.63) is 47.8 Å². The average Bonchev–Trinajstić information content (AvgIpc) is 2.51. The van der Waals surface area contributed by atoms with Crippen molar-refractivity contribution in [2.24, 2.45) is 0 Å². The number of benzene rings is 1. The quantitative estimate of drug-likeness (QED) is 0.809. The third kappa shape index (κ3) is 3.95. The topological polar surface area (TPSA) is 49.8 Å². The fraction of sp³-hybridized carbons (Fsp3) is 0.375. The molecule has 106 valence electrons. The van der Waals surface area contributed by atoms with Crippen LogP contribution in [-0.4, -0.2) is 16.5 Å². The van der Waals surface area contributed by atoms with E-state index in [2.05, 4.69) is 58.7 Å². The lowest BCUT2D eigenvalue weighted by molar-refractivity contribution is 0.962. The number of aryl methyl sites for hydroxylation is 1. The minimum atomic E-state index is 0.786. The van der Waals surface area contributed by atoms with Crippen molar-refractivity contribution in [1.29, 1.82) is 0 Å². The summed E-state index contributed by atoms with van der Waals surface area (Å²) >= 11 is 0. The first-order chi connectivity index (χ1) is 9.83. The third-order valence-corrected chi connectivity index (χ3v) is 3.18. The number of aromatic nitrogens is 2. The van der Waals surface area contributed by atoms with E-state index in [4.69, 9.17) is 0 Å². The van der Waals surface area contributed by atoms with Gasteiger partial charge in [0.2, 0.25) is 0 Å². The Morgan fingerprint density at radius 1 is 0.950 bits per heavy atom. The molecule has 0 saturated heterocycles. The standard InChI is InChI=1S/C16H22N4/c1-3-9-17-15-10-16(20-12-19-15)18-11-14-8-6-5-7-13(14)4-2/h5-8,10,12H,3-4,9,11H2,1-2H3,(H2,17,18,19,20). The lowest BCUT2D eigenvalue weighted by atomic mass is 10.1.